The molecule has 124 valence electrons. The van der Waals surface area contributed by atoms with Crippen LogP contribution in [0, 0.1) is 11.6 Å². The van der Waals surface area contributed by atoms with Gasteiger partial charge in [0.1, 0.15) is 23.5 Å². The van der Waals surface area contributed by atoms with Crippen molar-refractivity contribution in [3.63, 3.8) is 0 Å². The van der Waals surface area contributed by atoms with Crippen LogP contribution < -0.4 is 5.32 Å². The van der Waals surface area contributed by atoms with Gasteiger partial charge in [0, 0.05) is 18.0 Å². The fraction of sp³-hybridized carbons (Fsp3) is 0.125. The Kier molecular flexibility index (Phi) is 4.04. The first-order valence-electron chi connectivity index (χ1n) is 6.84. The van der Waals surface area contributed by atoms with Gasteiger partial charge >= 0.3 is 6.18 Å². The largest absolute Gasteiger partial charge is 0.416 e. The van der Waals surface area contributed by atoms with E-state index in [0.717, 1.165) is 24.5 Å². The van der Waals surface area contributed by atoms with Gasteiger partial charge in [-0.2, -0.15) is 13.2 Å². The van der Waals surface area contributed by atoms with Crippen molar-refractivity contribution in [3.05, 3.63) is 65.5 Å². The van der Waals surface area contributed by atoms with Gasteiger partial charge in [0.25, 0.3) is 0 Å². The molecule has 0 spiro atoms. The zero-order chi connectivity index (χ0) is 17.3. The smallest absolute Gasteiger partial charge is 0.365 e. The van der Waals surface area contributed by atoms with E-state index < -0.39 is 23.4 Å². The Balaban J connectivity index is 1.89. The molecule has 0 aliphatic carbocycles. The Labute approximate surface area is 133 Å². The van der Waals surface area contributed by atoms with Crippen molar-refractivity contribution in [2.75, 3.05) is 5.32 Å². The third-order valence-electron chi connectivity index (χ3n) is 3.37. The number of nitrogens with one attached hydrogen (secondary N) is 1. The summed E-state index contributed by atoms with van der Waals surface area (Å²) in [4.78, 5) is 7.64. The first-order chi connectivity index (χ1) is 11.3. The molecule has 0 amide bonds. The lowest BCUT2D eigenvalue weighted by Crippen LogP contribution is -2.07. The van der Waals surface area contributed by atoms with Crippen molar-refractivity contribution in [2.24, 2.45) is 0 Å². The Bertz CT molecular complexity index is 893. The van der Waals surface area contributed by atoms with E-state index >= 15 is 0 Å². The third-order valence-corrected chi connectivity index (χ3v) is 3.37. The van der Waals surface area contributed by atoms with Crippen LogP contribution in [0.2, 0.25) is 0 Å². The molecule has 0 unspecified atom stereocenters. The minimum absolute atomic E-state index is 0.00810. The van der Waals surface area contributed by atoms with E-state index in [4.69, 9.17) is 0 Å². The number of alkyl halides is 3. The topological polar surface area (TPSA) is 37.8 Å². The molecule has 0 bridgehead atoms. The molecule has 0 atom stereocenters. The fourth-order valence-electron chi connectivity index (χ4n) is 2.28. The first kappa shape index (κ1) is 16.1. The molecule has 0 radical (unpaired) electrons. The Morgan fingerprint density at radius 1 is 1.00 bits per heavy atom. The second-order valence-corrected chi connectivity index (χ2v) is 5.06. The van der Waals surface area contributed by atoms with Crippen molar-refractivity contribution in [3.8, 4) is 0 Å². The summed E-state index contributed by atoms with van der Waals surface area (Å²) >= 11 is 0. The standard InChI is InChI=1S/C16H10F5N3/c17-11-5-12-14(13(18)6-11)23-8-24-15(12)22-7-9-2-1-3-10(4-9)16(19,20)21/h1-6,8H,7H2,(H,22,23,24). The molecule has 1 aromatic heterocycles. The number of nitrogens with zero attached hydrogens (tertiary/aromatic N) is 2. The molecule has 3 nitrogen and oxygen atoms in total. The van der Waals surface area contributed by atoms with Crippen molar-refractivity contribution in [1.82, 2.24) is 9.97 Å². The van der Waals surface area contributed by atoms with Crippen LogP contribution in [0.5, 0.6) is 0 Å². The number of anilines is 1. The SMILES string of the molecule is Fc1cc(F)c2ncnc(NCc3cccc(C(F)(F)F)c3)c2c1. The zero-order valence-electron chi connectivity index (χ0n) is 12.0. The summed E-state index contributed by atoms with van der Waals surface area (Å²) in [7, 11) is 0. The monoisotopic (exact) mass is 339 g/mol. The molecular formula is C16H10F5N3. The van der Waals surface area contributed by atoms with Gasteiger partial charge in [0.2, 0.25) is 0 Å². The van der Waals surface area contributed by atoms with E-state index in [1.165, 1.54) is 12.1 Å². The highest BCUT2D eigenvalue weighted by molar-refractivity contribution is 5.89. The van der Waals surface area contributed by atoms with Gasteiger partial charge in [-0.1, -0.05) is 12.1 Å². The lowest BCUT2D eigenvalue weighted by atomic mass is 10.1. The summed E-state index contributed by atoms with van der Waals surface area (Å²) < 4.78 is 65.2. The van der Waals surface area contributed by atoms with Crippen LogP contribution in [0.1, 0.15) is 11.1 Å². The number of fused-ring (bicyclic) bond motifs is 1. The Morgan fingerprint density at radius 2 is 1.79 bits per heavy atom. The van der Waals surface area contributed by atoms with Gasteiger partial charge < -0.3 is 5.32 Å². The van der Waals surface area contributed by atoms with Crippen LogP contribution in [0.3, 0.4) is 0 Å². The van der Waals surface area contributed by atoms with Gasteiger partial charge in [0.15, 0.2) is 5.82 Å². The molecule has 1 heterocycles. The molecule has 0 fully saturated rings. The summed E-state index contributed by atoms with van der Waals surface area (Å²) in [6, 6.07) is 6.52. The number of rotatable bonds is 3. The number of aromatic nitrogens is 2. The Hall–Kier alpha value is -2.77. The van der Waals surface area contributed by atoms with Gasteiger partial charge in [-0.05, 0) is 23.8 Å². The number of halogens is 5. The van der Waals surface area contributed by atoms with Crippen LogP contribution >= 0.6 is 0 Å². The highest BCUT2D eigenvalue weighted by atomic mass is 19.4. The van der Waals surface area contributed by atoms with Crippen LogP contribution in [0.15, 0.2) is 42.7 Å². The maximum Gasteiger partial charge on any atom is 0.416 e. The summed E-state index contributed by atoms with van der Waals surface area (Å²) in [5, 5.41) is 2.90. The van der Waals surface area contributed by atoms with E-state index in [9.17, 15) is 22.0 Å². The van der Waals surface area contributed by atoms with E-state index in [-0.39, 0.29) is 23.3 Å². The molecule has 24 heavy (non-hydrogen) atoms. The molecule has 0 aliphatic heterocycles. The molecule has 8 heteroatoms. The van der Waals surface area contributed by atoms with Crippen LogP contribution in [-0.4, -0.2) is 9.97 Å². The van der Waals surface area contributed by atoms with Gasteiger partial charge in [0.05, 0.1) is 5.56 Å². The average Bonchev–Trinajstić information content (AvgIpc) is 2.52. The van der Waals surface area contributed by atoms with E-state index in [2.05, 4.69) is 15.3 Å². The van der Waals surface area contributed by atoms with Gasteiger partial charge in [-0.25, -0.2) is 18.7 Å². The molecule has 2 aromatic carbocycles. The van der Waals surface area contributed by atoms with E-state index in [0.29, 0.717) is 11.6 Å². The van der Waals surface area contributed by atoms with Crippen molar-refractivity contribution < 1.29 is 22.0 Å². The van der Waals surface area contributed by atoms with E-state index in [1.54, 1.807) is 0 Å². The first-order valence-corrected chi connectivity index (χ1v) is 6.84. The molecule has 0 aliphatic rings. The summed E-state index contributed by atoms with van der Waals surface area (Å²) in [5.41, 5.74) is -0.488. The molecule has 1 N–H and O–H groups in total. The summed E-state index contributed by atoms with van der Waals surface area (Å²) in [6.45, 7) is 0.00810. The second-order valence-electron chi connectivity index (χ2n) is 5.06. The van der Waals surface area contributed by atoms with Crippen molar-refractivity contribution >= 4 is 16.7 Å². The van der Waals surface area contributed by atoms with Gasteiger partial charge in [-0.3, -0.25) is 0 Å². The molecule has 0 saturated heterocycles. The lowest BCUT2D eigenvalue weighted by Gasteiger charge is -2.11. The Morgan fingerprint density at radius 3 is 2.54 bits per heavy atom. The minimum atomic E-state index is -4.44. The summed E-state index contributed by atoms with van der Waals surface area (Å²) in [5.74, 6) is -1.50. The molecule has 0 saturated carbocycles. The highest BCUT2D eigenvalue weighted by Crippen LogP contribution is 2.30. The van der Waals surface area contributed by atoms with E-state index in [1.807, 2.05) is 0 Å². The lowest BCUT2D eigenvalue weighted by molar-refractivity contribution is -0.137. The zero-order valence-corrected chi connectivity index (χ0v) is 12.0. The number of benzene rings is 2. The molecule has 3 aromatic rings. The fourth-order valence-corrected chi connectivity index (χ4v) is 2.28. The average molecular weight is 339 g/mol. The van der Waals surface area contributed by atoms with Crippen molar-refractivity contribution in [2.45, 2.75) is 12.7 Å². The van der Waals surface area contributed by atoms with Crippen LogP contribution in [0.25, 0.3) is 10.9 Å². The summed E-state index contributed by atoms with van der Waals surface area (Å²) in [6.07, 6.45) is -3.35. The second kappa shape index (κ2) is 6.03. The van der Waals surface area contributed by atoms with Crippen molar-refractivity contribution in [1.29, 1.82) is 0 Å². The van der Waals surface area contributed by atoms with Gasteiger partial charge in [-0.15, -0.1) is 0 Å². The maximum atomic E-state index is 13.7. The molecular weight excluding hydrogens is 329 g/mol. The predicted octanol–water partition coefficient (Wildman–Crippen LogP) is 4.54. The number of hydrogen-bond donors (Lipinski definition) is 1. The quantitative estimate of drug-likeness (QED) is 0.712. The predicted molar refractivity (Wildman–Crippen MR) is 78.2 cm³/mol. The normalized spacial score (nSPS) is 11.7. The minimum Gasteiger partial charge on any atom is -0.365 e. The maximum absolute atomic E-state index is 13.7. The van der Waals surface area contributed by atoms with Crippen LogP contribution in [0.4, 0.5) is 27.8 Å². The number of hydrogen-bond acceptors (Lipinski definition) is 3. The van der Waals surface area contributed by atoms with Crippen LogP contribution in [-0.2, 0) is 12.7 Å². The third kappa shape index (κ3) is 3.27. The molecule has 3 rings (SSSR count). The highest BCUT2D eigenvalue weighted by Gasteiger charge is 2.30.